The molecule has 0 saturated carbocycles. The van der Waals surface area contributed by atoms with Crippen molar-refractivity contribution in [1.82, 2.24) is 15.3 Å². The van der Waals surface area contributed by atoms with Crippen molar-refractivity contribution in [3.8, 4) is 0 Å². The number of carbonyl (C=O) groups is 1. The van der Waals surface area contributed by atoms with E-state index in [1.807, 2.05) is 13.0 Å². The van der Waals surface area contributed by atoms with Crippen LogP contribution in [-0.2, 0) is 17.8 Å². The molecule has 1 fully saturated rings. The smallest absolute Gasteiger partial charge is 0.225 e. The number of hydrogen-bond donors (Lipinski definition) is 1. The molecule has 1 aromatic heterocycles. The van der Waals surface area contributed by atoms with Gasteiger partial charge >= 0.3 is 0 Å². The number of benzene rings is 1. The summed E-state index contributed by atoms with van der Waals surface area (Å²) in [4.78, 5) is 23.2. The molecule has 1 saturated heterocycles. The molecule has 2 heterocycles. The Morgan fingerprint density at radius 3 is 2.75 bits per heavy atom. The highest BCUT2D eigenvalue weighted by molar-refractivity contribution is 5.78. The second kappa shape index (κ2) is 7.38. The van der Waals surface area contributed by atoms with Gasteiger partial charge in [-0.1, -0.05) is 18.2 Å². The van der Waals surface area contributed by atoms with Gasteiger partial charge in [0, 0.05) is 18.8 Å². The first kappa shape index (κ1) is 16.4. The average molecular weight is 328 g/mol. The largest absolute Gasteiger partial charge is 0.350 e. The van der Waals surface area contributed by atoms with E-state index in [0.717, 1.165) is 43.3 Å². The van der Waals surface area contributed by atoms with Crippen molar-refractivity contribution in [2.24, 2.45) is 0 Å². The van der Waals surface area contributed by atoms with Crippen molar-refractivity contribution in [3.05, 3.63) is 53.1 Å². The Morgan fingerprint density at radius 1 is 1.25 bits per heavy atom. The van der Waals surface area contributed by atoms with Crippen LogP contribution in [0.1, 0.15) is 29.8 Å². The van der Waals surface area contributed by atoms with E-state index < -0.39 is 0 Å². The minimum absolute atomic E-state index is 0.0235. The lowest BCUT2D eigenvalue weighted by molar-refractivity contribution is -0.120. The van der Waals surface area contributed by atoms with Crippen molar-refractivity contribution < 1.29 is 9.18 Å². The first-order chi connectivity index (χ1) is 11.6. The molecule has 5 nitrogen and oxygen atoms in total. The summed E-state index contributed by atoms with van der Waals surface area (Å²) in [6.07, 6.45) is 2.34. The molecule has 2 aromatic rings. The molecule has 0 bridgehead atoms. The Kier molecular flexibility index (Phi) is 5.03. The van der Waals surface area contributed by atoms with Crippen molar-refractivity contribution >= 4 is 11.9 Å². The maximum absolute atomic E-state index is 13.6. The minimum atomic E-state index is -0.359. The third-order valence-corrected chi connectivity index (χ3v) is 4.06. The summed E-state index contributed by atoms with van der Waals surface area (Å²) in [7, 11) is 0. The predicted octanol–water partition coefficient (Wildman–Crippen LogP) is 2.38. The molecule has 0 aliphatic carbocycles. The molecule has 6 heteroatoms. The zero-order valence-corrected chi connectivity index (χ0v) is 13.8. The van der Waals surface area contributed by atoms with Crippen LogP contribution >= 0.6 is 0 Å². The van der Waals surface area contributed by atoms with Crippen LogP contribution in [0.25, 0.3) is 0 Å². The van der Waals surface area contributed by atoms with E-state index in [9.17, 15) is 9.18 Å². The Hall–Kier alpha value is -2.50. The van der Waals surface area contributed by atoms with Crippen LogP contribution < -0.4 is 10.2 Å². The lowest BCUT2D eigenvalue weighted by atomic mass is 10.1. The highest BCUT2D eigenvalue weighted by Gasteiger charge is 2.16. The van der Waals surface area contributed by atoms with Crippen LogP contribution in [0, 0.1) is 12.7 Å². The highest BCUT2D eigenvalue weighted by atomic mass is 19.1. The molecule has 0 unspecified atom stereocenters. The maximum atomic E-state index is 13.6. The summed E-state index contributed by atoms with van der Waals surface area (Å²) >= 11 is 0. The summed E-state index contributed by atoms with van der Waals surface area (Å²) < 4.78 is 13.6. The summed E-state index contributed by atoms with van der Waals surface area (Å²) in [5.74, 6) is 0.145. The minimum Gasteiger partial charge on any atom is -0.350 e. The van der Waals surface area contributed by atoms with Crippen LogP contribution in [0.2, 0.25) is 0 Å². The molecule has 0 atom stereocenters. The lowest BCUT2D eigenvalue weighted by Crippen LogP contribution is -2.26. The number of nitrogens with zero attached hydrogens (tertiary/aromatic N) is 3. The fourth-order valence-electron chi connectivity index (χ4n) is 2.83. The molecule has 0 radical (unpaired) electrons. The maximum Gasteiger partial charge on any atom is 0.225 e. The van der Waals surface area contributed by atoms with E-state index in [4.69, 9.17) is 0 Å². The van der Waals surface area contributed by atoms with E-state index in [1.54, 1.807) is 18.2 Å². The van der Waals surface area contributed by atoms with Crippen molar-refractivity contribution in [2.45, 2.75) is 32.7 Å². The van der Waals surface area contributed by atoms with Gasteiger partial charge in [-0.25, -0.2) is 14.4 Å². The van der Waals surface area contributed by atoms with Gasteiger partial charge in [-0.15, -0.1) is 0 Å². The van der Waals surface area contributed by atoms with Gasteiger partial charge in [0.1, 0.15) is 5.82 Å². The van der Waals surface area contributed by atoms with Crippen LogP contribution in [0.15, 0.2) is 30.3 Å². The number of hydrogen-bond acceptors (Lipinski definition) is 4. The molecule has 24 heavy (non-hydrogen) atoms. The molecular weight excluding hydrogens is 307 g/mol. The Morgan fingerprint density at radius 2 is 2.00 bits per heavy atom. The summed E-state index contributed by atoms with van der Waals surface area (Å²) in [6.45, 7) is 4.19. The van der Waals surface area contributed by atoms with E-state index in [2.05, 4.69) is 20.2 Å². The first-order valence-electron chi connectivity index (χ1n) is 8.21. The van der Waals surface area contributed by atoms with Crippen LogP contribution in [0.5, 0.6) is 0 Å². The van der Waals surface area contributed by atoms with E-state index in [-0.39, 0.29) is 18.1 Å². The van der Waals surface area contributed by atoms with Crippen molar-refractivity contribution in [3.63, 3.8) is 0 Å². The Balaban J connectivity index is 1.61. The van der Waals surface area contributed by atoms with Crippen molar-refractivity contribution in [1.29, 1.82) is 0 Å². The summed E-state index contributed by atoms with van der Waals surface area (Å²) in [5, 5.41) is 2.81. The lowest BCUT2D eigenvalue weighted by Gasteiger charge is -2.16. The number of carbonyl (C=O) groups excluding carboxylic acids is 1. The van der Waals surface area contributed by atoms with Gasteiger partial charge in [-0.2, -0.15) is 0 Å². The molecule has 1 N–H and O–H groups in total. The SMILES string of the molecule is Cc1cc(CNC(=O)Cc2ccccc2F)nc(N2CCCC2)n1. The van der Waals surface area contributed by atoms with E-state index >= 15 is 0 Å². The summed E-state index contributed by atoms with van der Waals surface area (Å²) in [5.41, 5.74) is 2.04. The molecule has 3 rings (SSSR count). The molecule has 1 aliphatic heterocycles. The number of nitrogens with one attached hydrogen (secondary N) is 1. The third-order valence-electron chi connectivity index (χ3n) is 4.06. The Bertz CT molecular complexity index is 729. The zero-order chi connectivity index (χ0) is 16.9. The molecule has 1 amide bonds. The normalized spacial score (nSPS) is 14.0. The predicted molar refractivity (Wildman–Crippen MR) is 90.2 cm³/mol. The monoisotopic (exact) mass is 328 g/mol. The van der Waals surface area contributed by atoms with Crippen molar-refractivity contribution in [2.75, 3.05) is 18.0 Å². The van der Waals surface area contributed by atoms with Gasteiger partial charge in [-0.3, -0.25) is 4.79 Å². The van der Waals surface area contributed by atoms with Crippen LogP contribution in [-0.4, -0.2) is 29.0 Å². The molecule has 1 aromatic carbocycles. The van der Waals surface area contributed by atoms with E-state index in [0.29, 0.717) is 12.1 Å². The van der Waals surface area contributed by atoms with Gasteiger partial charge in [-0.05, 0) is 37.5 Å². The van der Waals surface area contributed by atoms with Crippen LogP contribution in [0.4, 0.5) is 10.3 Å². The number of amides is 1. The second-order valence-electron chi connectivity index (χ2n) is 6.04. The van der Waals surface area contributed by atoms with Gasteiger partial charge in [0.15, 0.2) is 0 Å². The third kappa shape index (κ3) is 4.07. The molecule has 1 aliphatic rings. The molecule has 0 spiro atoms. The van der Waals surface area contributed by atoms with Gasteiger partial charge < -0.3 is 10.2 Å². The van der Waals surface area contributed by atoms with Gasteiger partial charge in [0.25, 0.3) is 0 Å². The topological polar surface area (TPSA) is 58.1 Å². The Labute approximate surface area is 140 Å². The average Bonchev–Trinajstić information content (AvgIpc) is 3.09. The quantitative estimate of drug-likeness (QED) is 0.915. The number of anilines is 1. The number of aromatic nitrogens is 2. The zero-order valence-electron chi connectivity index (χ0n) is 13.8. The summed E-state index contributed by atoms with van der Waals surface area (Å²) in [6, 6.07) is 8.18. The highest BCUT2D eigenvalue weighted by Crippen LogP contribution is 2.16. The number of halogens is 1. The van der Waals surface area contributed by atoms with Gasteiger partial charge in [0.05, 0.1) is 18.7 Å². The number of aryl methyl sites for hydroxylation is 1. The fourth-order valence-corrected chi connectivity index (χ4v) is 2.83. The second-order valence-corrected chi connectivity index (χ2v) is 6.04. The number of rotatable bonds is 5. The van der Waals surface area contributed by atoms with E-state index in [1.165, 1.54) is 6.07 Å². The standard InChI is InChI=1S/C18H21FN4O/c1-13-10-15(22-18(21-13)23-8-4-5-9-23)12-20-17(24)11-14-6-2-3-7-16(14)19/h2-3,6-7,10H,4-5,8-9,11-12H2,1H3,(H,20,24). The molecule has 126 valence electrons. The van der Waals surface area contributed by atoms with Crippen LogP contribution in [0.3, 0.4) is 0 Å². The van der Waals surface area contributed by atoms with Gasteiger partial charge in [0.2, 0.25) is 11.9 Å². The fraction of sp³-hybridized carbons (Fsp3) is 0.389. The molecular formula is C18H21FN4O. The first-order valence-corrected chi connectivity index (χ1v) is 8.21.